The highest BCUT2D eigenvalue weighted by Crippen LogP contribution is 2.33. The second-order valence-corrected chi connectivity index (χ2v) is 4.23. The molecule has 0 bridgehead atoms. The summed E-state index contributed by atoms with van der Waals surface area (Å²) in [5.74, 6) is 2.91. The van der Waals surface area contributed by atoms with Gasteiger partial charge in [-0.25, -0.2) is 0 Å². The lowest BCUT2D eigenvalue weighted by Crippen LogP contribution is -2.21. The van der Waals surface area contributed by atoms with Gasteiger partial charge in [-0.2, -0.15) is 0 Å². The van der Waals surface area contributed by atoms with Crippen molar-refractivity contribution in [1.82, 2.24) is 0 Å². The third kappa shape index (κ3) is 6.22. The van der Waals surface area contributed by atoms with Crippen molar-refractivity contribution in [2.45, 2.75) is 80.6 Å². The third-order valence-corrected chi connectivity index (χ3v) is 3.78. The highest BCUT2D eigenvalue weighted by molar-refractivity contribution is 4.73. The second kappa shape index (κ2) is 12.1. The Bertz CT molecular complexity index is 86.6. The van der Waals surface area contributed by atoms with E-state index in [1.54, 1.807) is 0 Å². The van der Waals surface area contributed by atoms with Crippen molar-refractivity contribution < 1.29 is 0 Å². The first-order valence-corrected chi connectivity index (χ1v) is 7.24. The van der Waals surface area contributed by atoms with Crippen molar-refractivity contribution in [3.63, 3.8) is 0 Å². The highest BCUT2D eigenvalue weighted by Gasteiger charge is 2.23. The van der Waals surface area contributed by atoms with Gasteiger partial charge in [0.05, 0.1) is 0 Å². The Labute approximate surface area is 98.9 Å². The summed E-state index contributed by atoms with van der Waals surface area (Å²) in [5.41, 5.74) is 0. The second-order valence-electron chi connectivity index (χ2n) is 4.23. The monoisotopic (exact) mass is 214 g/mol. The summed E-state index contributed by atoms with van der Waals surface area (Å²) >= 11 is 0. The molecule has 0 aliphatic heterocycles. The van der Waals surface area contributed by atoms with Crippen LogP contribution in [0.1, 0.15) is 80.6 Å². The highest BCUT2D eigenvalue weighted by atomic mass is 14.3. The maximum atomic E-state index is 2.36. The Balaban J connectivity index is 0. The molecule has 0 nitrogen and oxygen atoms in total. The molecule has 0 unspecified atom stereocenters. The molecule has 0 saturated heterocycles. The maximum Gasteiger partial charge on any atom is -0.0360 e. The van der Waals surface area contributed by atoms with Gasteiger partial charge < -0.3 is 0 Å². The smallest absolute Gasteiger partial charge is 0.0360 e. The molecule has 0 saturated carbocycles. The lowest BCUT2D eigenvalue weighted by atomic mass is 9.75. The average Bonchev–Trinajstić information content (AvgIpc) is 2.32. The fourth-order valence-electron chi connectivity index (χ4n) is 2.84. The average molecular weight is 214 g/mol. The van der Waals surface area contributed by atoms with Crippen molar-refractivity contribution in [3.8, 4) is 0 Å². The van der Waals surface area contributed by atoms with Gasteiger partial charge in [-0.15, -0.1) is 0 Å². The van der Waals surface area contributed by atoms with E-state index in [9.17, 15) is 0 Å². The van der Waals surface area contributed by atoms with Gasteiger partial charge >= 0.3 is 0 Å². The Morgan fingerprint density at radius 2 is 0.800 bits per heavy atom. The van der Waals surface area contributed by atoms with Crippen molar-refractivity contribution in [2.24, 2.45) is 17.8 Å². The summed E-state index contributed by atoms with van der Waals surface area (Å²) in [5, 5.41) is 0. The zero-order valence-corrected chi connectivity index (χ0v) is 12.3. The standard InChI is InChI=1S/C13H28.C2H6/c1-6-11(7-2)13(10-5)12(8-3)9-4;1-2/h11-13H,6-10H2,1-5H3;1-2H3. The van der Waals surface area contributed by atoms with Crippen LogP contribution >= 0.6 is 0 Å². The van der Waals surface area contributed by atoms with Gasteiger partial charge in [0.25, 0.3) is 0 Å². The molecule has 15 heavy (non-hydrogen) atoms. The minimum absolute atomic E-state index is 0.967. The number of hydrogen-bond acceptors (Lipinski definition) is 0. The molecule has 0 heterocycles. The number of hydrogen-bond donors (Lipinski definition) is 0. The van der Waals surface area contributed by atoms with Gasteiger partial charge in [-0.3, -0.25) is 0 Å². The van der Waals surface area contributed by atoms with E-state index in [1.165, 1.54) is 32.1 Å². The third-order valence-electron chi connectivity index (χ3n) is 3.78. The van der Waals surface area contributed by atoms with Crippen LogP contribution in [0.5, 0.6) is 0 Å². The molecule has 0 fully saturated rings. The summed E-state index contributed by atoms with van der Waals surface area (Å²) in [4.78, 5) is 0. The van der Waals surface area contributed by atoms with Crippen LogP contribution in [0.25, 0.3) is 0 Å². The van der Waals surface area contributed by atoms with E-state index in [0.717, 1.165) is 17.8 Å². The summed E-state index contributed by atoms with van der Waals surface area (Å²) in [6.07, 6.45) is 6.84. The first kappa shape index (κ1) is 17.4. The largest absolute Gasteiger partial charge is 0.0683 e. The Hall–Kier alpha value is 0. The van der Waals surface area contributed by atoms with Gasteiger partial charge in [0.1, 0.15) is 0 Å². The van der Waals surface area contributed by atoms with E-state index in [-0.39, 0.29) is 0 Å². The van der Waals surface area contributed by atoms with Gasteiger partial charge in [0.15, 0.2) is 0 Å². The zero-order valence-electron chi connectivity index (χ0n) is 12.3. The van der Waals surface area contributed by atoms with E-state index in [0.29, 0.717) is 0 Å². The molecule has 0 aromatic carbocycles. The first-order valence-electron chi connectivity index (χ1n) is 7.24. The van der Waals surface area contributed by atoms with Gasteiger partial charge in [-0.05, 0) is 17.8 Å². The van der Waals surface area contributed by atoms with Gasteiger partial charge in [0.2, 0.25) is 0 Å². The molecule has 0 amide bonds. The Morgan fingerprint density at radius 1 is 0.533 bits per heavy atom. The molecule has 0 aliphatic carbocycles. The van der Waals surface area contributed by atoms with Crippen LogP contribution in [-0.2, 0) is 0 Å². The minimum atomic E-state index is 0.967. The topological polar surface area (TPSA) is 0 Å². The Kier molecular flexibility index (Phi) is 14.0. The van der Waals surface area contributed by atoms with E-state index in [4.69, 9.17) is 0 Å². The van der Waals surface area contributed by atoms with E-state index < -0.39 is 0 Å². The SMILES string of the molecule is CC.CCC(CC)C(CC)C(CC)CC. The summed E-state index contributed by atoms with van der Waals surface area (Å²) in [6, 6.07) is 0. The number of rotatable bonds is 7. The van der Waals surface area contributed by atoms with Crippen molar-refractivity contribution in [2.75, 3.05) is 0 Å². The van der Waals surface area contributed by atoms with Crippen molar-refractivity contribution in [1.29, 1.82) is 0 Å². The molecule has 0 spiro atoms. The lowest BCUT2D eigenvalue weighted by molar-refractivity contribution is 0.195. The maximum absolute atomic E-state index is 2.36. The molecule has 0 heteroatoms. The van der Waals surface area contributed by atoms with E-state index in [1.807, 2.05) is 13.8 Å². The fraction of sp³-hybridized carbons (Fsp3) is 1.00. The van der Waals surface area contributed by atoms with Crippen LogP contribution in [-0.4, -0.2) is 0 Å². The van der Waals surface area contributed by atoms with Crippen LogP contribution in [0.4, 0.5) is 0 Å². The zero-order chi connectivity index (χ0) is 12.3. The molecule has 0 radical (unpaired) electrons. The lowest BCUT2D eigenvalue weighted by Gasteiger charge is -2.31. The van der Waals surface area contributed by atoms with Crippen LogP contribution in [0.15, 0.2) is 0 Å². The van der Waals surface area contributed by atoms with E-state index >= 15 is 0 Å². The normalized spacial score (nSPS) is 10.8. The van der Waals surface area contributed by atoms with Crippen LogP contribution in [0, 0.1) is 17.8 Å². The summed E-state index contributed by atoms with van der Waals surface area (Å²) < 4.78 is 0. The molecule has 94 valence electrons. The molecule has 0 rings (SSSR count). The molecule has 0 atom stereocenters. The molecule has 0 N–H and O–H groups in total. The summed E-state index contributed by atoms with van der Waals surface area (Å²) in [7, 11) is 0. The molecular weight excluding hydrogens is 180 g/mol. The molecular formula is C15H34. The van der Waals surface area contributed by atoms with Gasteiger partial charge in [0, 0.05) is 0 Å². The van der Waals surface area contributed by atoms with Crippen LogP contribution < -0.4 is 0 Å². The summed E-state index contributed by atoms with van der Waals surface area (Å²) in [6.45, 7) is 15.7. The molecule has 0 aromatic rings. The van der Waals surface area contributed by atoms with E-state index in [2.05, 4.69) is 34.6 Å². The Morgan fingerprint density at radius 3 is 0.933 bits per heavy atom. The van der Waals surface area contributed by atoms with Crippen molar-refractivity contribution >= 4 is 0 Å². The molecule has 0 aromatic heterocycles. The fourth-order valence-corrected chi connectivity index (χ4v) is 2.84. The predicted octanol–water partition coefficient (Wildman–Crippen LogP) is 5.91. The van der Waals surface area contributed by atoms with Crippen LogP contribution in [0.3, 0.4) is 0 Å². The van der Waals surface area contributed by atoms with Crippen LogP contribution in [0.2, 0.25) is 0 Å². The van der Waals surface area contributed by atoms with Crippen molar-refractivity contribution in [3.05, 3.63) is 0 Å². The minimum Gasteiger partial charge on any atom is -0.0683 e. The first-order chi connectivity index (χ1) is 7.24. The molecule has 0 aliphatic rings. The predicted molar refractivity (Wildman–Crippen MR) is 73.3 cm³/mol. The quantitative estimate of drug-likeness (QED) is 0.494. The van der Waals surface area contributed by atoms with Gasteiger partial charge in [-0.1, -0.05) is 80.6 Å².